The van der Waals surface area contributed by atoms with Crippen molar-refractivity contribution in [3.63, 3.8) is 0 Å². The number of hydrogen-bond donors (Lipinski definition) is 2. The number of hydrogen-bond acceptors (Lipinski definition) is 4. The van der Waals surface area contributed by atoms with Crippen LogP contribution >= 0.6 is 0 Å². The van der Waals surface area contributed by atoms with Crippen LogP contribution in [0.4, 0.5) is 14.9 Å². The monoisotopic (exact) mass is 413 g/mol. The summed E-state index contributed by atoms with van der Waals surface area (Å²) in [5, 5.41) is 4.99. The van der Waals surface area contributed by atoms with Gasteiger partial charge < -0.3 is 20.3 Å². The lowest BCUT2D eigenvalue weighted by molar-refractivity contribution is -0.136. The van der Waals surface area contributed by atoms with Crippen molar-refractivity contribution in [2.45, 2.75) is 19.8 Å². The van der Waals surface area contributed by atoms with Gasteiger partial charge in [0.2, 0.25) is 0 Å². The molecule has 0 radical (unpaired) electrons. The molecule has 0 unspecified atom stereocenters. The van der Waals surface area contributed by atoms with Gasteiger partial charge >= 0.3 is 17.9 Å². The minimum atomic E-state index is -0.845. The summed E-state index contributed by atoms with van der Waals surface area (Å²) < 4.78 is 18.9. The number of nitrogens with one attached hydrogen (secondary N) is 2. The van der Waals surface area contributed by atoms with E-state index in [9.17, 15) is 18.8 Å². The first-order valence-corrected chi connectivity index (χ1v) is 9.79. The fraction of sp³-hybridized carbons (Fsp3) is 0.318. The van der Waals surface area contributed by atoms with Crippen LogP contribution < -0.4 is 15.4 Å². The van der Waals surface area contributed by atoms with E-state index in [1.165, 1.54) is 18.2 Å². The van der Waals surface area contributed by atoms with Crippen LogP contribution in [-0.2, 0) is 9.59 Å². The number of ether oxygens (including phenoxy) is 1. The van der Waals surface area contributed by atoms with Gasteiger partial charge in [-0.3, -0.25) is 9.59 Å². The number of anilines is 1. The maximum absolute atomic E-state index is 13.5. The zero-order valence-corrected chi connectivity index (χ0v) is 16.7. The number of rotatable bonds is 4. The van der Waals surface area contributed by atoms with Crippen molar-refractivity contribution in [2.24, 2.45) is 5.92 Å². The molecule has 1 fully saturated rings. The second kappa shape index (κ2) is 9.87. The largest absolute Gasteiger partial charge is 0.415 e. The Bertz CT molecular complexity index is 912. The Balaban J connectivity index is 1.39. The zero-order chi connectivity index (χ0) is 21.5. The summed E-state index contributed by atoms with van der Waals surface area (Å²) in [5.74, 6) is -1.43. The molecule has 3 rings (SSSR count). The number of aryl methyl sites for hydroxylation is 1. The van der Waals surface area contributed by atoms with E-state index in [1.54, 1.807) is 36.1 Å². The second-order valence-electron chi connectivity index (χ2n) is 7.24. The summed E-state index contributed by atoms with van der Waals surface area (Å²) in [6.45, 7) is 2.97. The third-order valence-electron chi connectivity index (χ3n) is 5.01. The van der Waals surface area contributed by atoms with Crippen molar-refractivity contribution < 1.29 is 23.5 Å². The van der Waals surface area contributed by atoms with E-state index in [1.807, 2.05) is 6.07 Å². The van der Waals surface area contributed by atoms with Gasteiger partial charge in [-0.2, -0.15) is 0 Å². The number of benzene rings is 2. The summed E-state index contributed by atoms with van der Waals surface area (Å²) in [7, 11) is 0. The molecule has 0 saturated carbocycles. The highest BCUT2D eigenvalue weighted by Crippen LogP contribution is 2.19. The smallest absolute Gasteiger partial charge is 0.410 e. The molecule has 158 valence electrons. The van der Waals surface area contributed by atoms with E-state index >= 15 is 0 Å². The number of para-hydroxylation sites is 1. The Morgan fingerprint density at radius 1 is 1.07 bits per heavy atom. The van der Waals surface area contributed by atoms with Crippen LogP contribution in [0.3, 0.4) is 0 Å². The van der Waals surface area contributed by atoms with E-state index in [0.717, 1.165) is 0 Å². The highest BCUT2D eigenvalue weighted by Gasteiger charge is 2.25. The predicted octanol–water partition coefficient (Wildman–Crippen LogP) is 3.10. The quantitative estimate of drug-likeness (QED) is 0.754. The van der Waals surface area contributed by atoms with Gasteiger partial charge in [-0.1, -0.05) is 24.3 Å². The fourth-order valence-electron chi connectivity index (χ4n) is 3.15. The Labute approximate surface area is 174 Å². The second-order valence-corrected chi connectivity index (χ2v) is 7.24. The normalized spacial score (nSPS) is 14.1. The molecule has 2 aromatic carbocycles. The molecule has 8 heteroatoms. The van der Waals surface area contributed by atoms with Gasteiger partial charge in [0.15, 0.2) is 0 Å². The van der Waals surface area contributed by atoms with Crippen LogP contribution in [0.25, 0.3) is 0 Å². The molecule has 3 amide bonds. The fourth-order valence-corrected chi connectivity index (χ4v) is 3.15. The van der Waals surface area contributed by atoms with Crippen molar-refractivity contribution in [3.8, 4) is 5.75 Å². The summed E-state index contributed by atoms with van der Waals surface area (Å²) in [5.41, 5.74) is 0.680. The lowest BCUT2D eigenvalue weighted by Gasteiger charge is -2.31. The summed E-state index contributed by atoms with van der Waals surface area (Å²) in [6, 6.07) is 13.1. The molecule has 0 spiro atoms. The number of carbonyl (C=O) groups is 3. The van der Waals surface area contributed by atoms with Gasteiger partial charge in [-0.25, -0.2) is 9.18 Å². The van der Waals surface area contributed by atoms with Crippen LogP contribution in [0.2, 0.25) is 0 Å². The van der Waals surface area contributed by atoms with E-state index in [0.29, 0.717) is 43.8 Å². The van der Waals surface area contributed by atoms with Crippen molar-refractivity contribution in [1.82, 2.24) is 10.2 Å². The van der Waals surface area contributed by atoms with E-state index in [-0.39, 0.29) is 11.6 Å². The maximum atomic E-state index is 13.5. The summed E-state index contributed by atoms with van der Waals surface area (Å²) in [6.07, 6.45) is 0.984. The maximum Gasteiger partial charge on any atom is 0.415 e. The Kier molecular flexibility index (Phi) is 7.00. The summed E-state index contributed by atoms with van der Waals surface area (Å²) in [4.78, 5) is 37.8. The number of piperidine rings is 1. The molecule has 2 aromatic rings. The summed E-state index contributed by atoms with van der Waals surface area (Å²) >= 11 is 0. The van der Waals surface area contributed by atoms with Gasteiger partial charge in [0.25, 0.3) is 0 Å². The zero-order valence-electron chi connectivity index (χ0n) is 16.7. The molecule has 30 heavy (non-hydrogen) atoms. The predicted molar refractivity (Wildman–Crippen MR) is 110 cm³/mol. The van der Waals surface area contributed by atoms with Crippen molar-refractivity contribution in [2.75, 3.05) is 25.0 Å². The average molecular weight is 413 g/mol. The topological polar surface area (TPSA) is 87.7 Å². The highest BCUT2D eigenvalue weighted by atomic mass is 19.1. The average Bonchev–Trinajstić information content (AvgIpc) is 2.75. The first kappa shape index (κ1) is 21.3. The SMILES string of the molecule is Cc1ccc(NC(=O)C(=O)NCC2CCN(C(=O)Oc3ccccc3)CC2)cc1F. The van der Waals surface area contributed by atoms with Gasteiger partial charge in [-0.05, 0) is 55.5 Å². The van der Waals surface area contributed by atoms with E-state index < -0.39 is 23.7 Å². The van der Waals surface area contributed by atoms with Crippen LogP contribution in [0.1, 0.15) is 18.4 Å². The molecular formula is C22H24FN3O4. The first-order chi connectivity index (χ1) is 14.4. The molecule has 1 aliphatic rings. The molecule has 7 nitrogen and oxygen atoms in total. The first-order valence-electron chi connectivity index (χ1n) is 9.79. The Hall–Kier alpha value is -3.42. The molecule has 1 heterocycles. The van der Waals surface area contributed by atoms with Gasteiger partial charge in [0.1, 0.15) is 11.6 Å². The van der Waals surface area contributed by atoms with Crippen molar-refractivity contribution in [3.05, 3.63) is 59.9 Å². The number of halogens is 1. The lowest BCUT2D eigenvalue weighted by Crippen LogP contribution is -2.44. The standard InChI is InChI=1S/C22H24FN3O4/c1-15-7-8-17(13-19(15)23)25-21(28)20(27)24-14-16-9-11-26(12-10-16)22(29)30-18-5-3-2-4-6-18/h2-8,13,16H,9-12,14H2,1H3,(H,24,27)(H,25,28). The molecule has 0 bridgehead atoms. The Morgan fingerprint density at radius 3 is 2.43 bits per heavy atom. The number of nitrogens with zero attached hydrogens (tertiary/aromatic N) is 1. The third-order valence-corrected chi connectivity index (χ3v) is 5.01. The van der Waals surface area contributed by atoms with Crippen molar-refractivity contribution in [1.29, 1.82) is 0 Å². The number of amides is 3. The minimum absolute atomic E-state index is 0.152. The number of likely N-dealkylation sites (tertiary alicyclic amines) is 1. The highest BCUT2D eigenvalue weighted by molar-refractivity contribution is 6.39. The number of carbonyl (C=O) groups excluding carboxylic acids is 3. The van der Waals surface area contributed by atoms with E-state index in [2.05, 4.69) is 10.6 Å². The molecule has 1 aliphatic heterocycles. The molecule has 0 atom stereocenters. The van der Waals surface area contributed by atoms with Gasteiger partial charge in [0.05, 0.1) is 0 Å². The van der Waals surface area contributed by atoms with Crippen LogP contribution in [0.5, 0.6) is 5.75 Å². The van der Waals surface area contributed by atoms with E-state index in [4.69, 9.17) is 4.74 Å². The molecule has 0 aromatic heterocycles. The molecule has 2 N–H and O–H groups in total. The van der Waals surface area contributed by atoms with Crippen LogP contribution in [-0.4, -0.2) is 42.4 Å². The minimum Gasteiger partial charge on any atom is -0.410 e. The Morgan fingerprint density at radius 2 is 1.77 bits per heavy atom. The van der Waals surface area contributed by atoms with Gasteiger partial charge in [0, 0.05) is 25.3 Å². The lowest BCUT2D eigenvalue weighted by atomic mass is 9.97. The van der Waals surface area contributed by atoms with Crippen LogP contribution in [0.15, 0.2) is 48.5 Å². The van der Waals surface area contributed by atoms with Crippen LogP contribution in [0, 0.1) is 18.7 Å². The third kappa shape index (κ3) is 5.79. The van der Waals surface area contributed by atoms with Crippen molar-refractivity contribution >= 4 is 23.6 Å². The molecular weight excluding hydrogens is 389 g/mol. The van der Waals surface area contributed by atoms with Gasteiger partial charge in [-0.15, -0.1) is 0 Å². The molecule has 1 saturated heterocycles. The molecule has 0 aliphatic carbocycles.